The number of hydrogen-bond donors (Lipinski definition) is 1. The van der Waals surface area contributed by atoms with Crippen molar-refractivity contribution < 1.29 is 4.79 Å². The maximum absolute atomic E-state index is 12.1. The van der Waals surface area contributed by atoms with Crippen molar-refractivity contribution in [1.82, 2.24) is 4.90 Å². The van der Waals surface area contributed by atoms with Crippen molar-refractivity contribution in [1.29, 1.82) is 0 Å². The first-order valence-electron chi connectivity index (χ1n) is 6.38. The quantitative estimate of drug-likeness (QED) is 0.896. The Balaban J connectivity index is 1.98. The summed E-state index contributed by atoms with van der Waals surface area (Å²) in [5.41, 5.74) is 2.91. The lowest BCUT2D eigenvalue weighted by molar-refractivity contribution is 0.220. The van der Waals surface area contributed by atoms with Gasteiger partial charge in [0.25, 0.3) is 0 Å². The van der Waals surface area contributed by atoms with Crippen LogP contribution in [0.15, 0.2) is 48.5 Å². The van der Waals surface area contributed by atoms with E-state index in [1.165, 1.54) is 0 Å². The fourth-order valence-corrected chi connectivity index (χ4v) is 2.14. The molecule has 0 heterocycles. The van der Waals surface area contributed by atoms with E-state index in [4.69, 9.17) is 11.6 Å². The molecular formula is C16H17ClN2O. The molecule has 2 aromatic rings. The minimum atomic E-state index is -0.143. The minimum Gasteiger partial charge on any atom is -0.323 e. The molecule has 0 saturated carbocycles. The Morgan fingerprint density at radius 2 is 1.95 bits per heavy atom. The molecule has 0 aliphatic carbocycles. The lowest BCUT2D eigenvalue weighted by atomic mass is 10.2. The van der Waals surface area contributed by atoms with E-state index >= 15 is 0 Å². The molecule has 4 heteroatoms. The average Bonchev–Trinajstić information content (AvgIpc) is 2.38. The number of benzene rings is 2. The maximum atomic E-state index is 12.1. The largest absolute Gasteiger partial charge is 0.323 e. The van der Waals surface area contributed by atoms with Crippen molar-refractivity contribution in [2.24, 2.45) is 0 Å². The summed E-state index contributed by atoms with van der Waals surface area (Å²) < 4.78 is 0. The van der Waals surface area contributed by atoms with Gasteiger partial charge in [0.05, 0.1) is 0 Å². The third-order valence-corrected chi connectivity index (χ3v) is 3.16. The molecule has 1 N–H and O–H groups in total. The third kappa shape index (κ3) is 4.00. The Morgan fingerprint density at radius 1 is 1.20 bits per heavy atom. The fraction of sp³-hybridized carbons (Fsp3) is 0.188. The van der Waals surface area contributed by atoms with Gasteiger partial charge in [-0.1, -0.05) is 35.9 Å². The number of carbonyl (C=O) groups is 1. The number of urea groups is 1. The van der Waals surface area contributed by atoms with Gasteiger partial charge in [0.2, 0.25) is 0 Å². The van der Waals surface area contributed by atoms with Crippen LogP contribution >= 0.6 is 11.6 Å². The number of nitrogens with one attached hydrogen (secondary N) is 1. The second kappa shape index (κ2) is 6.44. The Bertz CT molecular complexity index is 613. The zero-order valence-electron chi connectivity index (χ0n) is 11.6. The molecule has 0 aromatic heterocycles. The van der Waals surface area contributed by atoms with Crippen molar-refractivity contribution in [3.8, 4) is 0 Å². The van der Waals surface area contributed by atoms with Crippen LogP contribution < -0.4 is 5.32 Å². The summed E-state index contributed by atoms with van der Waals surface area (Å²) in [6, 6.07) is 15.1. The molecular weight excluding hydrogens is 272 g/mol. The van der Waals surface area contributed by atoms with E-state index in [2.05, 4.69) is 5.32 Å². The predicted molar refractivity (Wildman–Crippen MR) is 83.1 cm³/mol. The van der Waals surface area contributed by atoms with Gasteiger partial charge in [0.15, 0.2) is 0 Å². The molecule has 0 aliphatic rings. The van der Waals surface area contributed by atoms with Gasteiger partial charge < -0.3 is 10.2 Å². The van der Waals surface area contributed by atoms with E-state index in [9.17, 15) is 4.79 Å². The number of aryl methyl sites for hydroxylation is 1. The van der Waals surface area contributed by atoms with Crippen LogP contribution in [0.3, 0.4) is 0 Å². The zero-order valence-corrected chi connectivity index (χ0v) is 12.3. The third-order valence-electron chi connectivity index (χ3n) is 2.92. The van der Waals surface area contributed by atoms with Crippen LogP contribution in [0.4, 0.5) is 10.5 Å². The van der Waals surface area contributed by atoms with Crippen LogP contribution in [0.25, 0.3) is 0 Å². The van der Waals surface area contributed by atoms with Crippen LogP contribution in [0.1, 0.15) is 11.1 Å². The summed E-state index contributed by atoms with van der Waals surface area (Å²) in [6.45, 7) is 2.50. The molecule has 0 aliphatic heterocycles. The second-order valence-corrected chi connectivity index (χ2v) is 5.22. The van der Waals surface area contributed by atoms with Crippen LogP contribution in [0.2, 0.25) is 5.02 Å². The summed E-state index contributed by atoms with van der Waals surface area (Å²) in [6.07, 6.45) is 0. The summed E-state index contributed by atoms with van der Waals surface area (Å²) in [5, 5.41) is 3.55. The van der Waals surface area contributed by atoms with E-state index in [0.717, 1.165) is 16.8 Å². The van der Waals surface area contributed by atoms with Crippen molar-refractivity contribution >= 4 is 23.3 Å². The van der Waals surface area contributed by atoms with Gasteiger partial charge in [-0.2, -0.15) is 0 Å². The van der Waals surface area contributed by atoms with Gasteiger partial charge in [-0.05, 0) is 42.3 Å². The normalized spacial score (nSPS) is 10.2. The lowest BCUT2D eigenvalue weighted by Gasteiger charge is -2.18. The first-order chi connectivity index (χ1) is 9.54. The first kappa shape index (κ1) is 14.4. The molecule has 0 spiro atoms. The molecule has 2 aromatic carbocycles. The molecule has 0 unspecified atom stereocenters. The van der Waals surface area contributed by atoms with Crippen LogP contribution in [0.5, 0.6) is 0 Å². The Hall–Kier alpha value is -2.00. The molecule has 20 heavy (non-hydrogen) atoms. The number of amides is 2. The number of hydrogen-bond acceptors (Lipinski definition) is 1. The highest BCUT2D eigenvalue weighted by atomic mass is 35.5. The monoisotopic (exact) mass is 288 g/mol. The molecule has 0 saturated heterocycles. The van der Waals surface area contributed by atoms with Crippen molar-refractivity contribution in [2.75, 3.05) is 12.4 Å². The van der Waals surface area contributed by atoms with E-state index in [0.29, 0.717) is 11.6 Å². The number of carbonyl (C=O) groups excluding carboxylic acids is 1. The second-order valence-electron chi connectivity index (χ2n) is 4.79. The highest BCUT2D eigenvalue weighted by Gasteiger charge is 2.09. The molecule has 104 valence electrons. The van der Waals surface area contributed by atoms with Gasteiger partial charge in [0, 0.05) is 24.3 Å². The predicted octanol–water partition coefficient (Wildman–Crippen LogP) is 4.31. The summed E-state index contributed by atoms with van der Waals surface area (Å²) >= 11 is 5.94. The van der Waals surface area contributed by atoms with Crippen molar-refractivity contribution in [3.05, 3.63) is 64.7 Å². The molecule has 3 nitrogen and oxygen atoms in total. The number of rotatable bonds is 3. The van der Waals surface area contributed by atoms with Gasteiger partial charge >= 0.3 is 6.03 Å². The van der Waals surface area contributed by atoms with E-state index in [-0.39, 0.29) is 6.03 Å². The van der Waals surface area contributed by atoms with Gasteiger partial charge in [-0.3, -0.25) is 0 Å². The lowest BCUT2D eigenvalue weighted by Crippen LogP contribution is -2.30. The van der Waals surface area contributed by atoms with E-state index < -0.39 is 0 Å². The number of nitrogens with zero attached hydrogens (tertiary/aromatic N) is 1. The van der Waals surface area contributed by atoms with Gasteiger partial charge in [0.1, 0.15) is 0 Å². The molecule has 0 fully saturated rings. The van der Waals surface area contributed by atoms with Crippen molar-refractivity contribution in [3.63, 3.8) is 0 Å². The maximum Gasteiger partial charge on any atom is 0.321 e. The Morgan fingerprint density at radius 3 is 2.65 bits per heavy atom. The minimum absolute atomic E-state index is 0.143. The standard InChI is InChI=1S/C16H17ClN2O/c1-12-5-3-8-15(9-12)18-16(20)19(2)11-13-6-4-7-14(17)10-13/h3-10H,11H2,1-2H3,(H,18,20). The molecule has 0 atom stereocenters. The van der Waals surface area contributed by atoms with Gasteiger partial charge in [-0.15, -0.1) is 0 Å². The summed E-state index contributed by atoms with van der Waals surface area (Å²) in [4.78, 5) is 13.7. The first-order valence-corrected chi connectivity index (χ1v) is 6.75. The molecule has 0 radical (unpaired) electrons. The Labute approximate surface area is 124 Å². The fourth-order valence-electron chi connectivity index (χ4n) is 1.92. The molecule has 2 rings (SSSR count). The smallest absolute Gasteiger partial charge is 0.321 e. The van der Waals surface area contributed by atoms with Crippen LogP contribution in [0, 0.1) is 6.92 Å². The summed E-state index contributed by atoms with van der Waals surface area (Å²) in [7, 11) is 1.76. The number of anilines is 1. The Kier molecular flexibility index (Phi) is 4.64. The van der Waals surface area contributed by atoms with E-state index in [1.54, 1.807) is 11.9 Å². The van der Waals surface area contributed by atoms with Crippen molar-refractivity contribution in [2.45, 2.75) is 13.5 Å². The van der Waals surface area contributed by atoms with Crippen LogP contribution in [-0.4, -0.2) is 18.0 Å². The van der Waals surface area contributed by atoms with E-state index in [1.807, 2.05) is 55.5 Å². The zero-order chi connectivity index (χ0) is 14.5. The average molecular weight is 289 g/mol. The highest BCUT2D eigenvalue weighted by molar-refractivity contribution is 6.30. The van der Waals surface area contributed by atoms with Gasteiger partial charge in [-0.25, -0.2) is 4.79 Å². The SMILES string of the molecule is Cc1cccc(NC(=O)N(C)Cc2cccc(Cl)c2)c1. The molecule has 0 bridgehead atoms. The highest BCUT2D eigenvalue weighted by Crippen LogP contribution is 2.14. The van der Waals surface area contributed by atoms with Crippen LogP contribution in [-0.2, 0) is 6.54 Å². The summed E-state index contributed by atoms with van der Waals surface area (Å²) in [5.74, 6) is 0. The topological polar surface area (TPSA) is 32.3 Å². The molecule has 2 amide bonds. The number of halogens is 1.